The summed E-state index contributed by atoms with van der Waals surface area (Å²) in [5, 5.41) is 9.71. The van der Waals surface area contributed by atoms with Crippen molar-refractivity contribution in [2.45, 2.75) is 0 Å². The average molecular weight is 183 g/mol. The summed E-state index contributed by atoms with van der Waals surface area (Å²) >= 11 is 0. The van der Waals surface area contributed by atoms with E-state index in [-0.39, 0.29) is 5.71 Å². The quantitative estimate of drug-likeness (QED) is 0.235. The fourth-order valence-corrected chi connectivity index (χ4v) is 0.760. The monoisotopic (exact) mass is 183 g/mol. The molecule has 0 saturated carbocycles. The van der Waals surface area contributed by atoms with Gasteiger partial charge in [0.1, 0.15) is 7.11 Å². The molecule has 0 unspecified atom stereocenters. The van der Waals surface area contributed by atoms with E-state index < -0.39 is 5.91 Å². The molecule has 0 fully saturated rings. The van der Waals surface area contributed by atoms with E-state index in [1.807, 2.05) is 5.43 Å². The Bertz CT molecular complexity index is 305. The fourth-order valence-electron chi connectivity index (χ4n) is 0.760. The normalized spacial score (nSPS) is 11.1. The van der Waals surface area contributed by atoms with E-state index in [1.165, 1.54) is 13.3 Å². The second-order valence-electron chi connectivity index (χ2n) is 2.07. The Hall–Kier alpha value is -1.89. The molecule has 0 bridgehead atoms. The third-order valence-corrected chi connectivity index (χ3v) is 1.28. The molecule has 1 aromatic rings. The predicted octanol–water partition coefficient (Wildman–Crippen LogP) is -1.25. The molecule has 1 rings (SSSR count). The highest BCUT2D eigenvalue weighted by atomic mass is 16.6. The van der Waals surface area contributed by atoms with Gasteiger partial charge < -0.3 is 4.84 Å². The number of nitrogens with zero attached hydrogens (tertiary/aromatic N) is 2. The molecule has 0 aromatic carbocycles. The van der Waals surface area contributed by atoms with E-state index in [4.69, 9.17) is 5.84 Å². The molecule has 70 valence electrons. The zero-order chi connectivity index (χ0) is 9.68. The van der Waals surface area contributed by atoms with Crippen molar-refractivity contribution in [3.05, 3.63) is 18.0 Å². The first kappa shape index (κ1) is 9.20. The highest BCUT2D eigenvalue weighted by Gasteiger charge is 2.14. The maximum absolute atomic E-state index is 11.1. The van der Waals surface area contributed by atoms with Gasteiger partial charge >= 0.3 is 0 Å². The van der Waals surface area contributed by atoms with Gasteiger partial charge in [-0.15, -0.1) is 0 Å². The van der Waals surface area contributed by atoms with Crippen LogP contribution >= 0.6 is 0 Å². The SMILES string of the molecule is CO/N=C(\C(=O)NN)c1ccn[nH]1. The van der Waals surface area contributed by atoms with Crippen molar-refractivity contribution in [1.29, 1.82) is 0 Å². The number of aromatic amines is 1. The number of hydrogen-bond donors (Lipinski definition) is 3. The van der Waals surface area contributed by atoms with E-state index >= 15 is 0 Å². The van der Waals surface area contributed by atoms with Crippen LogP contribution in [0.3, 0.4) is 0 Å². The Labute approximate surface area is 73.9 Å². The van der Waals surface area contributed by atoms with Gasteiger partial charge in [-0.05, 0) is 6.07 Å². The zero-order valence-electron chi connectivity index (χ0n) is 6.94. The van der Waals surface area contributed by atoms with Crippen LogP contribution in [-0.2, 0) is 9.63 Å². The number of H-pyrrole nitrogens is 1. The number of carbonyl (C=O) groups is 1. The molecule has 0 aliphatic heterocycles. The van der Waals surface area contributed by atoms with Gasteiger partial charge in [0.15, 0.2) is 5.71 Å². The average Bonchev–Trinajstić information content (AvgIpc) is 2.65. The molecule has 0 spiro atoms. The van der Waals surface area contributed by atoms with Crippen molar-refractivity contribution in [1.82, 2.24) is 15.6 Å². The van der Waals surface area contributed by atoms with Gasteiger partial charge in [0, 0.05) is 6.20 Å². The number of amides is 1. The zero-order valence-corrected chi connectivity index (χ0v) is 6.94. The first-order valence-electron chi connectivity index (χ1n) is 3.41. The van der Waals surface area contributed by atoms with Gasteiger partial charge in [0.2, 0.25) is 0 Å². The predicted molar refractivity (Wildman–Crippen MR) is 44.5 cm³/mol. The number of nitrogens with one attached hydrogen (secondary N) is 2. The van der Waals surface area contributed by atoms with Crippen molar-refractivity contribution < 1.29 is 9.63 Å². The summed E-state index contributed by atoms with van der Waals surface area (Å²) < 4.78 is 0. The van der Waals surface area contributed by atoms with Gasteiger partial charge in [0.25, 0.3) is 5.91 Å². The van der Waals surface area contributed by atoms with Crippen molar-refractivity contribution in [3.8, 4) is 0 Å². The Morgan fingerprint density at radius 1 is 1.85 bits per heavy atom. The van der Waals surface area contributed by atoms with E-state index in [0.717, 1.165) is 0 Å². The molecule has 0 saturated heterocycles. The van der Waals surface area contributed by atoms with Crippen molar-refractivity contribution >= 4 is 11.6 Å². The van der Waals surface area contributed by atoms with Crippen LogP contribution in [0.2, 0.25) is 0 Å². The molecule has 0 aliphatic rings. The molecular weight excluding hydrogens is 174 g/mol. The molecule has 0 atom stereocenters. The molecule has 13 heavy (non-hydrogen) atoms. The lowest BCUT2D eigenvalue weighted by Gasteiger charge is -1.99. The Kier molecular flexibility index (Phi) is 2.98. The topological polar surface area (TPSA) is 105 Å². The second-order valence-corrected chi connectivity index (χ2v) is 2.07. The van der Waals surface area contributed by atoms with Crippen molar-refractivity contribution in [3.63, 3.8) is 0 Å². The molecule has 0 aliphatic carbocycles. The largest absolute Gasteiger partial charge is 0.398 e. The van der Waals surface area contributed by atoms with Crippen LogP contribution in [0.15, 0.2) is 17.4 Å². The minimum absolute atomic E-state index is 0.0440. The van der Waals surface area contributed by atoms with Crippen LogP contribution in [0.5, 0.6) is 0 Å². The molecular formula is C6H9N5O2. The lowest BCUT2D eigenvalue weighted by Crippen LogP contribution is -2.37. The Morgan fingerprint density at radius 2 is 2.62 bits per heavy atom. The summed E-state index contributed by atoms with van der Waals surface area (Å²) in [4.78, 5) is 15.6. The lowest BCUT2D eigenvalue weighted by molar-refractivity contribution is -0.115. The molecule has 7 nitrogen and oxygen atoms in total. The van der Waals surface area contributed by atoms with Crippen molar-refractivity contribution in [2.75, 3.05) is 7.11 Å². The fraction of sp³-hybridized carbons (Fsp3) is 0.167. The maximum atomic E-state index is 11.1. The third-order valence-electron chi connectivity index (χ3n) is 1.28. The Balaban J connectivity index is 2.94. The number of rotatable bonds is 3. The first-order chi connectivity index (χ1) is 6.29. The third kappa shape index (κ3) is 2.03. The standard InChI is InChI=1S/C6H9N5O2/c1-13-11-5(6(12)9-7)4-2-3-8-10-4/h2-3H,7H2,1H3,(H,8,10)(H,9,12)/b11-5-. The van der Waals surface area contributed by atoms with Crippen LogP contribution in [0.1, 0.15) is 5.69 Å². The summed E-state index contributed by atoms with van der Waals surface area (Å²) in [5.74, 6) is 4.39. The minimum atomic E-state index is -0.550. The van der Waals surface area contributed by atoms with Gasteiger partial charge in [-0.1, -0.05) is 5.16 Å². The number of oxime groups is 1. The maximum Gasteiger partial charge on any atom is 0.289 e. The number of carbonyl (C=O) groups excluding carboxylic acids is 1. The number of nitrogens with two attached hydrogens (primary N) is 1. The van der Waals surface area contributed by atoms with E-state index in [1.54, 1.807) is 6.07 Å². The minimum Gasteiger partial charge on any atom is -0.398 e. The summed E-state index contributed by atoms with van der Waals surface area (Å²) in [5.41, 5.74) is 2.42. The molecule has 1 heterocycles. The number of hydrazine groups is 1. The van der Waals surface area contributed by atoms with Gasteiger partial charge in [-0.2, -0.15) is 5.10 Å². The number of hydrogen-bond acceptors (Lipinski definition) is 5. The summed E-state index contributed by atoms with van der Waals surface area (Å²) in [6.45, 7) is 0. The molecule has 1 amide bonds. The highest BCUT2D eigenvalue weighted by molar-refractivity contribution is 6.44. The second kappa shape index (κ2) is 4.21. The molecule has 1 aromatic heterocycles. The summed E-state index contributed by atoms with van der Waals surface area (Å²) in [6, 6.07) is 1.58. The van der Waals surface area contributed by atoms with Gasteiger partial charge in [0.05, 0.1) is 5.69 Å². The Morgan fingerprint density at radius 3 is 3.08 bits per heavy atom. The lowest BCUT2D eigenvalue weighted by atomic mass is 10.2. The highest BCUT2D eigenvalue weighted by Crippen LogP contribution is 1.96. The van der Waals surface area contributed by atoms with E-state index in [2.05, 4.69) is 20.2 Å². The van der Waals surface area contributed by atoms with Crippen LogP contribution in [0, 0.1) is 0 Å². The van der Waals surface area contributed by atoms with Crippen LogP contribution in [-0.4, -0.2) is 28.9 Å². The van der Waals surface area contributed by atoms with E-state index in [9.17, 15) is 4.79 Å². The summed E-state index contributed by atoms with van der Waals surface area (Å²) in [7, 11) is 1.33. The number of aromatic nitrogens is 2. The van der Waals surface area contributed by atoms with Crippen molar-refractivity contribution in [2.24, 2.45) is 11.0 Å². The molecule has 4 N–H and O–H groups in total. The van der Waals surface area contributed by atoms with E-state index in [0.29, 0.717) is 5.69 Å². The van der Waals surface area contributed by atoms with Crippen LogP contribution in [0.4, 0.5) is 0 Å². The van der Waals surface area contributed by atoms with Crippen LogP contribution < -0.4 is 11.3 Å². The smallest absolute Gasteiger partial charge is 0.289 e. The molecule has 0 radical (unpaired) electrons. The van der Waals surface area contributed by atoms with Crippen LogP contribution in [0.25, 0.3) is 0 Å². The van der Waals surface area contributed by atoms with Gasteiger partial charge in [-0.3, -0.25) is 15.3 Å². The van der Waals surface area contributed by atoms with Gasteiger partial charge in [-0.25, -0.2) is 5.84 Å². The first-order valence-corrected chi connectivity index (χ1v) is 3.41. The molecule has 7 heteroatoms. The summed E-state index contributed by atoms with van der Waals surface area (Å²) in [6.07, 6.45) is 1.49.